The van der Waals surface area contributed by atoms with E-state index in [1.807, 2.05) is 0 Å². The van der Waals surface area contributed by atoms with E-state index < -0.39 is 5.97 Å². The molecule has 2 rings (SSSR count). The summed E-state index contributed by atoms with van der Waals surface area (Å²) in [7, 11) is 0. The zero-order valence-corrected chi connectivity index (χ0v) is 10.7. The summed E-state index contributed by atoms with van der Waals surface area (Å²) in [6.07, 6.45) is 2.11. The van der Waals surface area contributed by atoms with Crippen LogP contribution in [0.4, 0.5) is 0 Å². The molecule has 0 saturated carbocycles. The highest BCUT2D eigenvalue weighted by Crippen LogP contribution is 2.39. The van der Waals surface area contributed by atoms with Gasteiger partial charge in [0, 0.05) is 24.9 Å². The second-order valence-corrected chi connectivity index (χ2v) is 6.37. The molecule has 16 heavy (non-hydrogen) atoms. The average Bonchev–Trinajstić information content (AvgIpc) is 2.63. The maximum Gasteiger partial charge on any atom is 0.321 e. The molecule has 0 aromatic rings. The molecule has 1 unspecified atom stereocenters. The molecule has 1 spiro atoms. The molecule has 0 amide bonds. The minimum atomic E-state index is -0.712. The Hall–Kier alpha value is -0.260. The molecule has 0 aliphatic carbocycles. The van der Waals surface area contributed by atoms with E-state index in [-0.39, 0.29) is 10.9 Å². The van der Waals surface area contributed by atoms with Crippen molar-refractivity contribution >= 4 is 17.7 Å². The van der Waals surface area contributed by atoms with Crippen LogP contribution in [0, 0.1) is 0 Å². The van der Waals surface area contributed by atoms with Gasteiger partial charge >= 0.3 is 5.97 Å². The molecule has 2 N–H and O–H groups in total. The lowest BCUT2D eigenvalue weighted by atomic mass is 10.0. The molecule has 0 aromatic heterocycles. The summed E-state index contributed by atoms with van der Waals surface area (Å²) in [5, 5.41) is 12.3. The van der Waals surface area contributed by atoms with Crippen LogP contribution in [-0.2, 0) is 4.79 Å². The van der Waals surface area contributed by atoms with Crippen LogP contribution in [0.5, 0.6) is 0 Å². The molecule has 5 heteroatoms. The number of hydrogen-bond donors (Lipinski definition) is 2. The molecule has 92 valence electrons. The molecule has 0 aromatic carbocycles. The van der Waals surface area contributed by atoms with E-state index in [4.69, 9.17) is 5.11 Å². The molecule has 4 nitrogen and oxygen atoms in total. The summed E-state index contributed by atoms with van der Waals surface area (Å²) in [5.74, 6) is -0.00698. The number of thioether (sulfide) groups is 1. The maximum absolute atomic E-state index is 10.9. The van der Waals surface area contributed by atoms with Crippen LogP contribution in [-0.4, -0.2) is 51.8 Å². The van der Waals surface area contributed by atoms with Gasteiger partial charge in [0.2, 0.25) is 0 Å². The van der Waals surface area contributed by atoms with Crippen molar-refractivity contribution in [2.75, 3.05) is 18.8 Å². The number of nitrogens with zero attached hydrogens (tertiary/aromatic N) is 1. The van der Waals surface area contributed by atoms with E-state index in [1.54, 1.807) is 11.8 Å². The van der Waals surface area contributed by atoms with Gasteiger partial charge in [-0.15, -0.1) is 11.8 Å². The number of rotatable bonds is 2. The highest BCUT2D eigenvalue weighted by atomic mass is 32.2. The van der Waals surface area contributed by atoms with Gasteiger partial charge in [-0.1, -0.05) is 0 Å². The van der Waals surface area contributed by atoms with Gasteiger partial charge in [0.05, 0.1) is 4.87 Å². The van der Waals surface area contributed by atoms with Gasteiger partial charge in [-0.05, 0) is 26.7 Å². The summed E-state index contributed by atoms with van der Waals surface area (Å²) in [6.45, 7) is 6.58. The predicted molar refractivity (Wildman–Crippen MR) is 65.7 cm³/mol. The van der Waals surface area contributed by atoms with Crippen molar-refractivity contribution in [2.24, 2.45) is 0 Å². The summed E-state index contributed by atoms with van der Waals surface area (Å²) >= 11 is 1.80. The van der Waals surface area contributed by atoms with Crippen LogP contribution in [0.3, 0.4) is 0 Å². The molecule has 0 bridgehead atoms. The van der Waals surface area contributed by atoms with Crippen molar-refractivity contribution in [2.45, 2.75) is 43.6 Å². The quantitative estimate of drug-likeness (QED) is 0.758. The molecule has 2 saturated heterocycles. The zero-order valence-electron chi connectivity index (χ0n) is 9.90. The van der Waals surface area contributed by atoms with Crippen molar-refractivity contribution in [3.63, 3.8) is 0 Å². The van der Waals surface area contributed by atoms with E-state index >= 15 is 0 Å². The first-order valence-electron chi connectivity index (χ1n) is 5.91. The third-order valence-electron chi connectivity index (χ3n) is 3.60. The van der Waals surface area contributed by atoms with Gasteiger partial charge in [0.25, 0.3) is 0 Å². The van der Waals surface area contributed by atoms with E-state index in [0.29, 0.717) is 11.8 Å². The van der Waals surface area contributed by atoms with Crippen LogP contribution < -0.4 is 5.32 Å². The fourth-order valence-electron chi connectivity index (χ4n) is 2.47. The van der Waals surface area contributed by atoms with Crippen molar-refractivity contribution in [3.05, 3.63) is 0 Å². The number of nitrogens with one attached hydrogen (secondary N) is 1. The van der Waals surface area contributed by atoms with E-state index in [0.717, 1.165) is 25.9 Å². The standard InChI is InChI=1S/C11H20N2O2S/c1-8(2)13-5-3-11(4-6-13)12-9(7-16-11)10(14)15/h8-9,12H,3-7H2,1-2H3,(H,14,15). The first kappa shape index (κ1) is 12.2. The Bertz CT molecular complexity index is 275. The fraction of sp³-hybridized carbons (Fsp3) is 0.909. The van der Waals surface area contributed by atoms with Crippen LogP contribution in [0.25, 0.3) is 0 Å². The van der Waals surface area contributed by atoms with Gasteiger partial charge in [-0.3, -0.25) is 10.1 Å². The van der Waals surface area contributed by atoms with Crippen molar-refractivity contribution in [3.8, 4) is 0 Å². The summed E-state index contributed by atoms with van der Waals surface area (Å²) < 4.78 is 0. The van der Waals surface area contributed by atoms with Crippen molar-refractivity contribution < 1.29 is 9.90 Å². The predicted octanol–water partition coefficient (Wildman–Crippen LogP) is 0.977. The first-order chi connectivity index (χ1) is 7.52. The number of likely N-dealkylation sites (tertiary alicyclic amines) is 1. The number of aliphatic carboxylic acids is 1. The second-order valence-electron chi connectivity index (χ2n) is 4.97. The molecule has 2 aliphatic heterocycles. The molecule has 0 radical (unpaired) electrons. The van der Waals surface area contributed by atoms with Gasteiger partial charge in [0.1, 0.15) is 6.04 Å². The lowest BCUT2D eigenvalue weighted by Crippen LogP contribution is -2.52. The van der Waals surface area contributed by atoms with Crippen molar-refractivity contribution in [1.29, 1.82) is 0 Å². The smallest absolute Gasteiger partial charge is 0.321 e. The maximum atomic E-state index is 10.9. The van der Waals surface area contributed by atoms with Crippen LogP contribution in [0.15, 0.2) is 0 Å². The fourth-order valence-corrected chi connectivity index (χ4v) is 3.88. The Balaban J connectivity index is 1.91. The lowest BCUT2D eigenvalue weighted by molar-refractivity contribution is -0.139. The van der Waals surface area contributed by atoms with E-state index in [2.05, 4.69) is 24.1 Å². The zero-order chi connectivity index (χ0) is 11.8. The number of carboxylic acids is 1. The lowest BCUT2D eigenvalue weighted by Gasteiger charge is -2.40. The van der Waals surface area contributed by atoms with E-state index in [9.17, 15) is 4.79 Å². The minimum absolute atomic E-state index is 0.0362. The largest absolute Gasteiger partial charge is 0.480 e. The number of hydrogen-bond acceptors (Lipinski definition) is 4. The van der Waals surface area contributed by atoms with Crippen LogP contribution >= 0.6 is 11.8 Å². The molecular weight excluding hydrogens is 224 g/mol. The van der Waals surface area contributed by atoms with Gasteiger partial charge in [-0.2, -0.15) is 0 Å². The Morgan fingerprint density at radius 3 is 2.56 bits per heavy atom. The Kier molecular flexibility index (Phi) is 3.47. The Labute approximate surface area is 101 Å². The second kappa shape index (κ2) is 4.55. The van der Waals surface area contributed by atoms with Gasteiger partial charge in [-0.25, -0.2) is 0 Å². The third-order valence-corrected chi connectivity index (χ3v) is 5.18. The monoisotopic (exact) mass is 244 g/mol. The minimum Gasteiger partial charge on any atom is -0.480 e. The third kappa shape index (κ3) is 2.36. The van der Waals surface area contributed by atoms with E-state index in [1.165, 1.54) is 0 Å². The van der Waals surface area contributed by atoms with Gasteiger partial charge < -0.3 is 10.0 Å². The molecule has 2 aliphatic rings. The highest BCUT2D eigenvalue weighted by Gasteiger charge is 2.43. The summed E-state index contributed by atoms with van der Waals surface area (Å²) in [5.41, 5.74) is 0. The normalized spacial score (nSPS) is 30.1. The SMILES string of the molecule is CC(C)N1CCC2(CC1)NC(C(=O)O)CS2. The number of carbonyl (C=O) groups is 1. The molecule has 2 fully saturated rings. The summed E-state index contributed by atoms with van der Waals surface area (Å²) in [4.78, 5) is 13.4. The average molecular weight is 244 g/mol. The highest BCUT2D eigenvalue weighted by molar-refractivity contribution is 8.01. The number of piperidine rings is 1. The topological polar surface area (TPSA) is 52.6 Å². The molecule has 1 atom stereocenters. The Morgan fingerprint density at radius 1 is 1.50 bits per heavy atom. The van der Waals surface area contributed by atoms with Gasteiger partial charge in [0.15, 0.2) is 0 Å². The Morgan fingerprint density at radius 2 is 2.12 bits per heavy atom. The number of carboxylic acid groups (broad SMARTS) is 1. The van der Waals surface area contributed by atoms with Crippen LogP contribution in [0.1, 0.15) is 26.7 Å². The molecular formula is C11H20N2O2S. The first-order valence-corrected chi connectivity index (χ1v) is 6.89. The summed E-state index contributed by atoms with van der Waals surface area (Å²) in [6, 6.07) is 0.245. The van der Waals surface area contributed by atoms with Crippen LogP contribution in [0.2, 0.25) is 0 Å². The van der Waals surface area contributed by atoms with Crippen molar-refractivity contribution in [1.82, 2.24) is 10.2 Å². The molecule has 2 heterocycles.